The summed E-state index contributed by atoms with van der Waals surface area (Å²) in [4.78, 5) is 34.0. The standard InChI is InChI=1S/C27H39N3O3S/c1-16(18-9-11-19(12-10-18)22-17(2)28-15-34-22)29-24(32)21-13-20(31)14-30(21)25(33)23(26(3,4)5)27(6,7)8/h9-12,15-16,20-21,23,31H,13-14H2,1-8H3,(H,29,32)/t16-,20+,21-/m0/s1. The summed E-state index contributed by atoms with van der Waals surface area (Å²) in [6.07, 6.45) is -0.438. The smallest absolute Gasteiger partial charge is 0.243 e. The van der Waals surface area contributed by atoms with Crippen LogP contribution in [0.15, 0.2) is 29.8 Å². The van der Waals surface area contributed by atoms with E-state index in [0.717, 1.165) is 21.7 Å². The third-order valence-electron chi connectivity index (χ3n) is 6.62. The first kappa shape index (κ1) is 26.4. The Balaban J connectivity index is 1.75. The maximum absolute atomic E-state index is 13.7. The molecule has 0 bridgehead atoms. The van der Waals surface area contributed by atoms with E-state index in [1.54, 1.807) is 16.2 Å². The summed E-state index contributed by atoms with van der Waals surface area (Å²) in [7, 11) is 0. The van der Waals surface area contributed by atoms with Crippen molar-refractivity contribution in [3.8, 4) is 10.4 Å². The van der Waals surface area contributed by atoms with Crippen LogP contribution < -0.4 is 5.32 Å². The number of aliphatic hydroxyl groups is 1. The summed E-state index contributed by atoms with van der Waals surface area (Å²) < 4.78 is 0. The molecular weight excluding hydrogens is 446 g/mol. The fourth-order valence-corrected chi connectivity index (χ4v) is 6.22. The van der Waals surface area contributed by atoms with Gasteiger partial charge < -0.3 is 15.3 Å². The minimum absolute atomic E-state index is 0.0615. The molecule has 7 heteroatoms. The van der Waals surface area contributed by atoms with Crippen molar-refractivity contribution in [1.29, 1.82) is 0 Å². The normalized spacial score (nSPS) is 20.0. The zero-order valence-electron chi connectivity index (χ0n) is 21.7. The van der Waals surface area contributed by atoms with Crippen LogP contribution in [0.25, 0.3) is 10.4 Å². The molecule has 0 saturated carbocycles. The van der Waals surface area contributed by atoms with Gasteiger partial charge in [0.1, 0.15) is 6.04 Å². The molecule has 2 heterocycles. The molecular formula is C27H39N3O3S. The van der Waals surface area contributed by atoms with Crippen molar-refractivity contribution in [2.75, 3.05) is 6.54 Å². The molecule has 1 saturated heterocycles. The van der Waals surface area contributed by atoms with E-state index in [2.05, 4.69) is 51.8 Å². The van der Waals surface area contributed by atoms with Gasteiger partial charge in [-0.2, -0.15) is 0 Å². The Morgan fingerprint density at radius 1 is 1.12 bits per heavy atom. The van der Waals surface area contributed by atoms with Crippen LogP contribution in [0.5, 0.6) is 0 Å². The van der Waals surface area contributed by atoms with Gasteiger partial charge in [0, 0.05) is 18.9 Å². The molecule has 34 heavy (non-hydrogen) atoms. The van der Waals surface area contributed by atoms with Crippen LogP contribution in [0.2, 0.25) is 0 Å². The Kier molecular flexibility index (Phi) is 7.58. The fourth-order valence-electron chi connectivity index (χ4n) is 5.41. The molecule has 1 aromatic heterocycles. The molecule has 1 aliphatic heterocycles. The van der Waals surface area contributed by atoms with E-state index in [4.69, 9.17) is 0 Å². The number of nitrogens with one attached hydrogen (secondary N) is 1. The van der Waals surface area contributed by atoms with Crippen LogP contribution in [-0.2, 0) is 9.59 Å². The number of nitrogens with zero attached hydrogens (tertiary/aromatic N) is 2. The first-order valence-corrected chi connectivity index (χ1v) is 12.9. The van der Waals surface area contributed by atoms with Gasteiger partial charge in [-0.05, 0) is 35.8 Å². The van der Waals surface area contributed by atoms with Gasteiger partial charge in [0.2, 0.25) is 11.8 Å². The van der Waals surface area contributed by atoms with Gasteiger partial charge in [-0.15, -0.1) is 11.3 Å². The van der Waals surface area contributed by atoms with Crippen LogP contribution in [0.1, 0.15) is 72.2 Å². The number of likely N-dealkylation sites (tertiary alicyclic amines) is 1. The largest absolute Gasteiger partial charge is 0.391 e. The zero-order valence-corrected chi connectivity index (χ0v) is 22.5. The Labute approximate surface area is 207 Å². The number of hydrogen-bond acceptors (Lipinski definition) is 5. The van der Waals surface area contributed by atoms with E-state index >= 15 is 0 Å². The van der Waals surface area contributed by atoms with E-state index in [-0.39, 0.29) is 47.6 Å². The van der Waals surface area contributed by atoms with E-state index < -0.39 is 12.1 Å². The number of carbonyl (C=O) groups is 2. The van der Waals surface area contributed by atoms with Crippen LogP contribution in [0.4, 0.5) is 0 Å². The average Bonchev–Trinajstić information content (AvgIpc) is 3.31. The van der Waals surface area contributed by atoms with Gasteiger partial charge in [-0.1, -0.05) is 65.8 Å². The number of β-amino-alcohol motifs (C(OH)–C–C–N with tert-alkyl or cyclic N) is 1. The third-order valence-corrected chi connectivity index (χ3v) is 7.60. The number of amides is 2. The number of hydrogen-bond donors (Lipinski definition) is 2. The predicted molar refractivity (Wildman–Crippen MR) is 137 cm³/mol. The monoisotopic (exact) mass is 485 g/mol. The van der Waals surface area contributed by atoms with Crippen molar-refractivity contribution < 1.29 is 14.7 Å². The minimum Gasteiger partial charge on any atom is -0.391 e. The molecule has 2 aromatic rings. The first-order valence-electron chi connectivity index (χ1n) is 12.0. The van der Waals surface area contributed by atoms with Gasteiger partial charge in [0.15, 0.2) is 0 Å². The second-order valence-electron chi connectivity index (χ2n) is 11.7. The summed E-state index contributed by atoms with van der Waals surface area (Å²) in [5.74, 6) is -0.559. The van der Waals surface area contributed by atoms with Crippen molar-refractivity contribution in [3.63, 3.8) is 0 Å². The van der Waals surface area contributed by atoms with Crippen molar-refractivity contribution in [2.24, 2.45) is 16.7 Å². The van der Waals surface area contributed by atoms with E-state index in [0.29, 0.717) is 0 Å². The molecule has 3 atom stereocenters. The Bertz CT molecular complexity index is 1000. The van der Waals surface area contributed by atoms with Crippen LogP contribution in [0, 0.1) is 23.7 Å². The fraction of sp³-hybridized carbons (Fsp3) is 0.593. The first-order chi connectivity index (χ1) is 15.7. The molecule has 1 aliphatic rings. The quantitative estimate of drug-likeness (QED) is 0.627. The lowest BCUT2D eigenvalue weighted by atomic mass is 9.66. The number of aliphatic hydroxyl groups excluding tert-OH is 1. The molecule has 2 amide bonds. The third kappa shape index (κ3) is 5.69. The second kappa shape index (κ2) is 9.78. The SMILES string of the molecule is Cc1ncsc1-c1ccc([C@H](C)NC(=O)[C@@H]2C[C@@H](O)CN2C(=O)C(C(C)(C)C)C(C)(C)C)cc1. The summed E-state index contributed by atoms with van der Waals surface area (Å²) in [5.41, 5.74) is 4.40. The molecule has 1 aromatic carbocycles. The Hall–Kier alpha value is -2.25. The molecule has 0 aliphatic carbocycles. The number of aromatic nitrogens is 1. The Morgan fingerprint density at radius 3 is 2.21 bits per heavy atom. The summed E-state index contributed by atoms with van der Waals surface area (Å²) in [5, 5.41) is 13.4. The number of rotatable bonds is 5. The number of carbonyl (C=O) groups excluding carboxylic acids is 2. The highest BCUT2D eigenvalue weighted by Gasteiger charge is 2.47. The molecule has 186 valence electrons. The predicted octanol–water partition coefficient (Wildman–Crippen LogP) is 4.97. The lowest BCUT2D eigenvalue weighted by Crippen LogP contribution is -2.52. The van der Waals surface area contributed by atoms with E-state index in [1.165, 1.54) is 0 Å². The lowest BCUT2D eigenvalue weighted by molar-refractivity contribution is -0.149. The highest BCUT2D eigenvalue weighted by molar-refractivity contribution is 7.13. The molecule has 0 radical (unpaired) electrons. The second-order valence-corrected chi connectivity index (χ2v) is 12.5. The van der Waals surface area contributed by atoms with Crippen molar-refractivity contribution in [3.05, 3.63) is 41.0 Å². The summed E-state index contributed by atoms with van der Waals surface area (Å²) in [6.45, 7) is 16.5. The minimum atomic E-state index is -0.697. The van der Waals surface area contributed by atoms with Gasteiger partial charge in [0.05, 0.1) is 28.2 Å². The molecule has 6 nitrogen and oxygen atoms in total. The average molecular weight is 486 g/mol. The molecule has 0 unspecified atom stereocenters. The van der Waals surface area contributed by atoms with Crippen LogP contribution >= 0.6 is 11.3 Å². The number of aryl methyl sites for hydroxylation is 1. The number of benzene rings is 1. The maximum Gasteiger partial charge on any atom is 0.243 e. The van der Waals surface area contributed by atoms with E-state index in [1.807, 2.05) is 43.6 Å². The van der Waals surface area contributed by atoms with E-state index in [9.17, 15) is 14.7 Å². The molecule has 0 spiro atoms. The van der Waals surface area contributed by atoms with Gasteiger partial charge in [0.25, 0.3) is 0 Å². The molecule has 1 fully saturated rings. The highest BCUT2D eigenvalue weighted by atomic mass is 32.1. The Morgan fingerprint density at radius 2 is 1.71 bits per heavy atom. The molecule has 3 rings (SSSR count). The number of thiazole rings is 1. The topological polar surface area (TPSA) is 82.5 Å². The molecule has 2 N–H and O–H groups in total. The van der Waals surface area contributed by atoms with Crippen molar-refractivity contribution >= 4 is 23.2 Å². The zero-order chi connectivity index (χ0) is 25.4. The maximum atomic E-state index is 13.7. The summed E-state index contributed by atoms with van der Waals surface area (Å²) >= 11 is 1.61. The van der Waals surface area contributed by atoms with Crippen LogP contribution in [0.3, 0.4) is 0 Å². The van der Waals surface area contributed by atoms with Crippen LogP contribution in [-0.4, -0.2) is 45.5 Å². The highest BCUT2D eigenvalue weighted by Crippen LogP contribution is 2.42. The van der Waals surface area contributed by atoms with Gasteiger partial charge in [-0.25, -0.2) is 4.98 Å². The van der Waals surface area contributed by atoms with Crippen molar-refractivity contribution in [2.45, 2.75) is 80.0 Å². The lowest BCUT2D eigenvalue weighted by Gasteiger charge is -2.42. The van der Waals surface area contributed by atoms with Crippen molar-refractivity contribution in [1.82, 2.24) is 15.2 Å². The van der Waals surface area contributed by atoms with Gasteiger partial charge >= 0.3 is 0 Å². The summed E-state index contributed by atoms with van der Waals surface area (Å²) in [6, 6.07) is 7.23. The van der Waals surface area contributed by atoms with Gasteiger partial charge in [-0.3, -0.25) is 9.59 Å².